The number of carbonyl (C=O) groups excluding carboxylic acids is 1. The molecule has 1 atom stereocenters. The summed E-state index contributed by atoms with van der Waals surface area (Å²) in [7, 11) is 0. The largest absolute Gasteiger partial charge is 0.491 e. The molecule has 0 fully saturated rings. The average molecular weight is 266 g/mol. The fourth-order valence-electron chi connectivity index (χ4n) is 1.55. The zero-order chi connectivity index (χ0) is 14.1. The molecule has 0 aliphatic carbocycles. The molecule has 1 rings (SSSR count). The summed E-state index contributed by atoms with van der Waals surface area (Å²) < 4.78 is 10.9. The van der Waals surface area contributed by atoms with Gasteiger partial charge in [-0.05, 0) is 12.1 Å². The second-order valence-corrected chi connectivity index (χ2v) is 4.51. The van der Waals surface area contributed by atoms with Crippen LogP contribution in [-0.4, -0.2) is 37.8 Å². The second kappa shape index (κ2) is 8.50. The third-order valence-corrected chi connectivity index (χ3v) is 2.40. The van der Waals surface area contributed by atoms with Crippen molar-refractivity contribution >= 4 is 5.91 Å². The minimum Gasteiger partial charge on any atom is -0.491 e. The summed E-state index contributed by atoms with van der Waals surface area (Å²) >= 11 is 0. The highest BCUT2D eigenvalue weighted by atomic mass is 16.5. The van der Waals surface area contributed by atoms with Crippen molar-refractivity contribution in [3.63, 3.8) is 0 Å². The summed E-state index contributed by atoms with van der Waals surface area (Å²) in [6, 6.07) is 9.23. The predicted octanol–water partition coefficient (Wildman–Crippen LogP) is 0.934. The van der Waals surface area contributed by atoms with Crippen LogP contribution in [-0.2, 0) is 9.53 Å². The van der Waals surface area contributed by atoms with E-state index in [9.17, 15) is 4.79 Å². The Kier molecular flexibility index (Phi) is 6.92. The molecule has 1 unspecified atom stereocenters. The first-order valence-electron chi connectivity index (χ1n) is 6.40. The number of carbonyl (C=O) groups is 1. The summed E-state index contributed by atoms with van der Waals surface area (Å²) in [4.78, 5) is 11.2. The fourth-order valence-corrected chi connectivity index (χ4v) is 1.55. The van der Waals surface area contributed by atoms with E-state index in [4.69, 9.17) is 15.2 Å². The fraction of sp³-hybridized carbons (Fsp3) is 0.500. The van der Waals surface area contributed by atoms with Crippen molar-refractivity contribution in [1.82, 2.24) is 5.32 Å². The van der Waals surface area contributed by atoms with E-state index in [1.54, 1.807) is 0 Å². The topological polar surface area (TPSA) is 73.6 Å². The molecule has 19 heavy (non-hydrogen) atoms. The van der Waals surface area contributed by atoms with Gasteiger partial charge in [0.05, 0.1) is 13.2 Å². The van der Waals surface area contributed by atoms with E-state index in [0.29, 0.717) is 13.2 Å². The molecule has 0 aromatic heterocycles. The third-order valence-electron chi connectivity index (χ3n) is 2.40. The number of benzene rings is 1. The molecule has 5 nitrogen and oxygen atoms in total. The number of primary amides is 1. The van der Waals surface area contributed by atoms with Crippen LogP contribution in [0.4, 0.5) is 0 Å². The van der Waals surface area contributed by atoms with Crippen LogP contribution < -0.4 is 15.8 Å². The number of para-hydroxylation sites is 1. The van der Waals surface area contributed by atoms with Gasteiger partial charge in [-0.25, -0.2) is 0 Å². The Balaban J connectivity index is 2.16. The van der Waals surface area contributed by atoms with Crippen LogP contribution in [0.25, 0.3) is 0 Å². The predicted molar refractivity (Wildman–Crippen MR) is 74.0 cm³/mol. The SMILES string of the molecule is CC(C)NC(COCCOc1ccccc1)C(N)=O. The lowest BCUT2D eigenvalue weighted by molar-refractivity contribution is -0.121. The molecule has 106 valence electrons. The minimum atomic E-state index is -0.461. The first kappa shape index (κ1) is 15.5. The molecule has 0 aliphatic heterocycles. The number of nitrogens with one attached hydrogen (secondary N) is 1. The molecule has 5 heteroatoms. The van der Waals surface area contributed by atoms with Crippen molar-refractivity contribution in [1.29, 1.82) is 0 Å². The van der Waals surface area contributed by atoms with Crippen LogP contribution in [0.3, 0.4) is 0 Å². The van der Waals surface area contributed by atoms with Crippen molar-refractivity contribution < 1.29 is 14.3 Å². The van der Waals surface area contributed by atoms with Gasteiger partial charge in [0.1, 0.15) is 18.4 Å². The molecule has 0 heterocycles. The molecular weight excluding hydrogens is 244 g/mol. The van der Waals surface area contributed by atoms with Gasteiger partial charge in [-0.1, -0.05) is 32.0 Å². The second-order valence-electron chi connectivity index (χ2n) is 4.51. The van der Waals surface area contributed by atoms with Crippen molar-refractivity contribution in [2.24, 2.45) is 5.73 Å². The summed E-state index contributed by atoms with van der Waals surface area (Å²) in [5.41, 5.74) is 5.28. The lowest BCUT2D eigenvalue weighted by atomic mass is 10.2. The maximum Gasteiger partial charge on any atom is 0.236 e. The van der Waals surface area contributed by atoms with E-state index in [1.165, 1.54) is 0 Å². The number of amides is 1. The first-order valence-corrected chi connectivity index (χ1v) is 6.40. The van der Waals surface area contributed by atoms with Crippen molar-refractivity contribution in [2.75, 3.05) is 19.8 Å². The zero-order valence-corrected chi connectivity index (χ0v) is 11.5. The first-order chi connectivity index (χ1) is 9.09. The Hall–Kier alpha value is -1.59. The van der Waals surface area contributed by atoms with E-state index in [-0.39, 0.29) is 12.6 Å². The van der Waals surface area contributed by atoms with Crippen LogP contribution in [0.2, 0.25) is 0 Å². The molecule has 0 saturated carbocycles. The van der Waals surface area contributed by atoms with Gasteiger partial charge in [0.15, 0.2) is 0 Å². The van der Waals surface area contributed by atoms with E-state index in [2.05, 4.69) is 5.32 Å². The Labute approximate surface area is 114 Å². The Morgan fingerprint density at radius 3 is 2.53 bits per heavy atom. The Bertz CT molecular complexity index is 368. The molecule has 0 saturated heterocycles. The zero-order valence-electron chi connectivity index (χ0n) is 11.5. The maximum absolute atomic E-state index is 11.2. The van der Waals surface area contributed by atoms with Gasteiger partial charge in [-0.15, -0.1) is 0 Å². The van der Waals surface area contributed by atoms with Gasteiger partial charge in [-0.2, -0.15) is 0 Å². The van der Waals surface area contributed by atoms with Crippen molar-refractivity contribution in [3.8, 4) is 5.75 Å². The number of nitrogens with two attached hydrogens (primary N) is 1. The Morgan fingerprint density at radius 2 is 1.95 bits per heavy atom. The van der Waals surface area contributed by atoms with Gasteiger partial charge >= 0.3 is 0 Å². The van der Waals surface area contributed by atoms with Crippen LogP contribution in [0.5, 0.6) is 5.75 Å². The van der Waals surface area contributed by atoms with Gasteiger partial charge in [0.25, 0.3) is 0 Å². The number of hydrogen-bond donors (Lipinski definition) is 2. The quantitative estimate of drug-likeness (QED) is 0.652. The van der Waals surface area contributed by atoms with Gasteiger partial charge < -0.3 is 20.5 Å². The summed E-state index contributed by atoms with van der Waals surface area (Å²) in [6.07, 6.45) is 0. The molecule has 1 aromatic carbocycles. The Morgan fingerprint density at radius 1 is 1.26 bits per heavy atom. The lowest BCUT2D eigenvalue weighted by Gasteiger charge is -2.18. The van der Waals surface area contributed by atoms with Crippen LogP contribution >= 0.6 is 0 Å². The number of rotatable bonds is 9. The number of hydrogen-bond acceptors (Lipinski definition) is 4. The van der Waals surface area contributed by atoms with Crippen molar-refractivity contribution in [2.45, 2.75) is 25.9 Å². The molecule has 0 radical (unpaired) electrons. The molecule has 0 bridgehead atoms. The van der Waals surface area contributed by atoms with E-state index in [1.807, 2.05) is 44.2 Å². The summed E-state index contributed by atoms with van der Waals surface area (Å²) in [5, 5.41) is 3.05. The smallest absolute Gasteiger partial charge is 0.236 e. The molecule has 0 aliphatic rings. The van der Waals surface area contributed by atoms with Crippen LogP contribution in [0.1, 0.15) is 13.8 Å². The van der Waals surface area contributed by atoms with Crippen molar-refractivity contribution in [3.05, 3.63) is 30.3 Å². The van der Waals surface area contributed by atoms with Gasteiger partial charge in [0, 0.05) is 6.04 Å². The van der Waals surface area contributed by atoms with E-state index >= 15 is 0 Å². The average Bonchev–Trinajstić information content (AvgIpc) is 2.37. The van der Waals surface area contributed by atoms with E-state index in [0.717, 1.165) is 5.75 Å². The molecule has 3 N–H and O–H groups in total. The van der Waals surface area contributed by atoms with Crippen LogP contribution in [0.15, 0.2) is 30.3 Å². The number of ether oxygens (including phenoxy) is 2. The standard InChI is InChI=1S/C14H22N2O3/c1-11(2)16-13(14(15)17)10-18-8-9-19-12-6-4-3-5-7-12/h3-7,11,13,16H,8-10H2,1-2H3,(H2,15,17). The normalized spacial score (nSPS) is 12.4. The van der Waals surface area contributed by atoms with Gasteiger partial charge in [-0.3, -0.25) is 4.79 Å². The maximum atomic E-state index is 11.2. The molecule has 1 amide bonds. The molecular formula is C14H22N2O3. The van der Waals surface area contributed by atoms with Gasteiger partial charge in [0.2, 0.25) is 5.91 Å². The highest BCUT2D eigenvalue weighted by Gasteiger charge is 2.15. The van der Waals surface area contributed by atoms with Crippen LogP contribution in [0, 0.1) is 0 Å². The highest BCUT2D eigenvalue weighted by Crippen LogP contribution is 2.07. The molecule has 0 spiro atoms. The minimum absolute atomic E-state index is 0.182. The molecule has 1 aromatic rings. The lowest BCUT2D eigenvalue weighted by Crippen LogP contribution is -2.47. The summed E-state index contributed by atoms with van der Waals surface area (Å²) in [6.45, 7) is 5.02. The monoisotopic (exact) mass is 266 g/mol. The third kappa shape index (κ3) is 6.79. The highest BCUT2D eigenvalue weighted by molar-refractivity contribution is 5.80. The summed E-state index contributed by atoms with van der Waals surface area (Å²) in [5.74, 6) is 0.399. The van der Waals surface area contributed by atoms with E-state index < -0.39 is 11.9 Å².